The van der Waals surface area contributed by atoms with Crippen molar-refractivity contribution in [2.75, 3.05) is 19.6 Å². The topological polar surface area (TPSA) is 133 Å². The van der Waals surface area contributed by atoms with Gasteiger partial charge in [0.15, 0.2) is 0 Å². The minimum atomic E-state index is -0.963. The van der Waals surface area contributed by atoms with Gasteiger partial charge < -0.3 is 10.8 Å². The standard InChI is InChI=1S/C21H24N4O5/c22-9-20(5-6-20)21(30)10-24(11-21)8-12-1-2-13-14(7-12)19(29)25(18(13)28)15-3-4-16(26)23-17(15)27/h1-2,7,15,30H,3-6,8-11,22H2,(H,23,26,27). The molecule has 5 rings (SSSR count). The van der Waals surface area contributed by atoms with E-state index in [1.165, 1.54) is 0 Å². The minimum Gasteiger partial charge on any atom is -0.387 e. The molecule has 1 atom stereocenters. The highest BCUT2D eigenvalue weighted by Gasteiger charge is 2.62. The van der Waals surface area contributed by atoms with Crippen LogP contribution in [0.1, 0.15) is 52.0 Å². The van der Waals surface area contributed by atoms with Crippen LogP contribution in [-0.4, -0.2) is 69.8 Å². The van der Waals surface area contributed by atoms with Crippen LogP contribution in [0, 0.1) is 5.41 Å². The van der Waals surface area contributed by atoms with Crippen LogP contribution in [0.25, 0.3) is 0 Å². The molecule has 1 unspecified atom stereocenters. The number of nitrogens with two attached hydrogens (primary N) is 1. The molecule has 3 fully saturated rings. The van der Waals surface area contributed by atoms with Crippen molar-refractivity contribution in [2.45, 2.75) is 43.9 Å². The molecule has 3 aliphatic heterocycles. The van der Waals surface area contributed by atoms with Gasteiger partial charge in [0.05, 0.1) is 16.7 Å². The van der Waals surface area contributed by atoms with Gasteiger partial charge in [0.2, 0.25) is 11.8 Å². The third-order valence-corrected chi connectivity index (χ3v) is 7.11. The van der Waals surface area contributed by atoms with Crippen molar-refractivity contribution in [3.63, 3.8) is 0 Å². The molecular weight excluding hydrogens is 388 g/mol. The second-order valence-electron chi connectivity index (χ2n) is 8.99. The number of fused-ring (bicyclic) bond motifs is 1. The van der Waals surface area contributed by atoms with E-state index in [1.54, 1.807) is 18.2 Å². The van der Waals surface area contributed by atoms with Crippen LogP contribution in [-0.2, 0) is 16.1 Å². The molecule has 1 aromatic carbocycles. The molecule has 4 N–H and O–H groups in total. The molecule has 0 bridgehead atoms. The number of rotatable bonds is 5. The summed E-state index contributed by atoms with van der Waals surface area (Å²) in [7, 11) is 0. The number of nitrogens with zero attached hydrogens (tertiary/aromatic N) is 2. The monoisotopic (exact) mass is 412 g/mol. The minimum absolute atomic E-state index is 0.0945. The number of piperidine rings is 1. The summed E-state index contributed by atoms with van der Waals surface area (Å²) in [5.41, 5.74) is 6.36. The SMILES string of the molecule is NCC1(C2(O)CN(Cc3ccc4c(c3)C(=O)N(C3CCC(=O)NC3=O)C4=O)C2)CC1. The van der Waals surface area contributed by atoms with E-state index in [2.05, 4.69) is 10.2 Å². The number of β-amino-alcohol motifs (C(OH)–C–C–N with tert-alkyl or cyclic N) is 1. The molecule has 0 spiro atoms. The zero-order valence-corrected chi connectivity index (χ0v) is 16.5. The number of carbonyl (C=O) groups excluding carboxylic acids is 4. The summed E-state index contributed by atoms with van der Waals surface area (Å²) in [6.45, 7) is 2.12. The van der Waals surface area contributed by atoms with Gasteiger partial charge in [0.1, 0.15) is 6.04 Å². The van der Waals surface area contributed by atoms with Gasteiger partial charge >= 0.3 is 0 Å². The number of benzene rings is 1. The predicted molar refractivity (Wildman–Crippen MR) is 104 cm³/mol. The van der Waals surface area contributed by atoms with Crippen LogP contribution >= 0.6 is 0 Å². The van der Waals surface area contributed by atoms with Crippen LogP contribution in [0.5, 0.6) is 0 Å². The van der Waals surface area contributed by atoms with Crippen LogP contribution in [0.15, 0.2) is 18.2 Å². The summed E-state index contributed by atoms with van der Waals surface area (Å²) in [5, 5.41) is 13.0. The van der Waals surface area contributed by atoms with Gasteiger partial charge in [-0.15, -0.1) is 0 Å². The summed E-state index contributed by atoms with van der Waals surface area (Å²) in [5.74, 6) is -2.03. The molecule has 4 amide bonds. The molecule has 0 aromatic heterocycles. The van der Waals surface area contributed by atoms with Crippen molar-refractivity contribution < 1.29 is 24.3 Å². The van der Waals surface area contributed by atoms with Gasteiger partial charge in [0, 0.05) is 38.0 Å². The largest absolute Gasteiger partial charge is 0.387 e. The lowest BCUT2D eigenvalue weighted by molar-refractivity contribution is -0.147. The molecule has 0 radical (unpaired) electrons. The maximum absolute atomic E-state index is 12.9. The fraction of sp³-hybridized carbons (Fsp3) is 0.524. The number of hydrogen-bond acceptors (Lipinski definition) is 7. The molecule has 1 aliphatic carbocycles. The third-order valence-electron chi connectivity index (χ3n) is 7.11. The van der Waals surface area contributed by atoms with Crippen LogP contribution < -0.4 is 11.1 Å². The van der Waals surface area contributed by atoms with Gasteiger partial charge in [-0.1, -0.05) is 6.07 Å². The first-order valence-corrected chi connectivity index (χ1v) is 10.3. The maximum Gasteiger partial charge on any atom is 0.262 e. The lowest BCUT2D eigenvalue weighted by Gasteiger charge is -2.51. The smallest absolute Gasteiger partial charge is 0.262 e. The maximum atomic E-state index is 12.9. The van der Waals surface area contributed by atoms with E-state index in [9.17, 15) is 24.3 Å². The van der Waals surface area contributed by atoms with E-state index in [0.29, 0.717) is 26.2 Å². The molecule has 3 heterocycles. The lowest BCUT2D eigenvalue weighted by atomic mass is 9.77. The molecule has 1 aromatic rings. The van der Waals surface area contributed by atoms with Crippen LogP contribution in [0.2, 0.25) is 0 Å². The summed E-state index contributed by atoms with van der Waals surface area (Å²) >= 11 is 0. The van der Waals surface area contributed by atoms with E-state index in [1.807, 2.05) is 0 Å². The number of imide groups is 2. The van der Waals surface area contributed by atoms with Crippen molar-refractivity contribution >= 4 is 23.6 Å². The number of carbonyl (C=O) groups is 4. The van der Waals surface area contributed by atoms with E-state index in [0.717, 1.165) is 23.3 Å². The Kier molecular flexibility index (Phi) is 4.15. The lowest BCUT2D eigenvalue weighted by Crippen LogP contribution is -2.67. The Morgan fingerprint density at radius 2 is 1.80 bits per heavy atom. The van der Waals surface area contributed by atoms with Gasteiger partial charge in [-0.3, -0.25) is 34.3 Å². The highest BCUT2D eigenvalue weighted by atomic mass is 16.3. The third kappa shape index (κ3) is 2.73. The van der Waals surface area contributed by atoms with Crippen molar-refractivity contribution in [3.05, 3.63) is 34.9 Å². The zero-order chi connectivity index (χ0) is 21.3. The van der Waals surface area contributed by atoms with Gasteiger partial charge in [-0.05, 0) is 37.0 Å². The van der Waals surface area contributed by atoms with E-state index in [4.69, 9.17) is 5.73 Å². The van der Waals surface area contributed by atoms with E-state index in [-0.39, 0.29) is 29.4 Å². The Bertz CT molecular complexity index is 980. The Hall–Kier alpha value is -2.62. The predicted octanol–water partition coefficient (Wildman–Crippen LogP) is -0.627. The molecule has 9 nitrogen and oxygen atoms in total. The second kappa shape index (κ2) is 6.44. The average molecular weight is 412 g/mol. The first-order chi connectivity index (χ1) is 14.3. The average Bonchev–Trinajstić information content (AvgIpc) is 3.45. The summed E-state index contributed by atoms with van der Waals surface area (Å²) < 4.78 is 0. The molecule has 158 valence electrons. The Labute approximate surface area is 173 Å². The van der Waals surface area contributed by atoms with Gasteiger partial charge in [-0.2, -0.15) is 0 Å². The summed E-state index contributed by atoms with van der Waals surface area (Å²) in [6, 6.07) is 4.14. The molecule has 9 heteroatoms. The number of amides is 4. The van der Waals surface area contributed by atoms with E-state index >= 15 is 0 Å². The first-order valence-electron chi connectivity index (χ1n) is 10.3. The fourth-order valence-corrected chi connectivity index (χ4v) is 5.03. The van der Waals surface area contributed by atoms with Crippen molar-refractivity contribution in [1.82, 2.24) is 15.1 Å². The second-order valence-corrected chi connectivity index (χ2v) is 8.99. The Morgan fingerprint density at radius 1 is 1.10 bits per heavy atom. The molecular formula is C21H24N4O5. The molecule has 30 heavy (non-hydrogen) atoms. The highest BCUT2D eigenvalue weighted by Crippen LogP contribution is 2.56. The molecule has 2 saturated heterocycles. The van der Waals surface area contributed by atoms with Crippen LogP contribution in [0.3, 0.4) is 0 Å². The molecule has 1 saturated carbocycles. The number of nitrogens with one attached hydrogen (secondary N) is 1. The summed E-state index contributed by atoms with van der Waals surface area (Å²) in [6.07, 6.45) is 2.15. The van der Waals surface area contributed by atoms with Gasteiger partial charge in [0.25, 0.3) is 11.8 Å². The molecule has 4 aliphatic rings. The first kappa shape index (κ1) is 19.3. The normalized spacial score (nSPS) is 27.0. The summed E-state index contributed by atoms with van der Waals surface area (Å²) in [4.78, 5) is 52.3. The quantitative estimate of drug-likeness (QED) is 0.549. The highest BCUT2D eigenvalue weighted by molar-refractivity contribution is 6.23. The number of aliphatic hydroxyl groups is 1. The Balaban J connectivity index is 1.30. The van der Waals surface area contributed by atoms with Crippen molar-refractivity contribution in [1.29, 1.82) is 0 Å². The Morgan fingerprint density at radius 3 is 2.43 bits per heavy atom. The van der Waals surface area contributed by atoms with Crippen LogP contribution in [0.4, 0.5) is 0 Å². The van der Waals surface area contributed by atoms with E-state index < -0.39 is 35.3 Å². The fourth-order valence-electron chi connectivity index (χ4n) is 5.03. The van der Waals surface area contributed by atoms with Crippen molar-refractivity contribution in [3.8, 4) is 0 Å². The number of likely N-dealkylation sites (tertiary alicyclic amines) is 1. The van der Waals surface area contributed by atoms with Gasteiger partial charge in [-0.25, -0.2) is 0 Å². The van der Waals surface area contributed by atoms with Crippen molar-refractivity contribution in [2.24, 2.45) is 11.1 Å². The zero-order valence-electron chi connectivity index (χ0n) is 16.5. The number of hydrogen-bond donors (Lipinski definition) is 3.